The standard InChI is InChI=1S/C18H36/c1-8-12-16(17(5,6)7)13-15-18(10-3,11-4)14-9-2/h9,16H,2,8,10-15H2,1,3-7H3. The van der Waals surface area contributed by atoms with Crippen LogP contribution in [0.2, 0.25) is 0 Å². The predicted octanol–water partition coefficient (Wildman–Crippen LogP) is 6.61. The first kappa shape index (κ1) is 17.7. The van der Waals surface area contributed by atoms with E-state index < -0.39 is 0 Å². The van der Waals surface area contributed by atoms with Gasteiger partial charge in [-0.15, -0.1) is 6.58 Å². The molecule has 0 bridgehead atoms. The Morgan fingerprint density at radius 1 is 1.00 bits per heavy atom. The van der Waals surface area contributed by atoms with Crippen molar-refractivity contribution in [1.82, 2.24) is 0 Å². The monoisotopic (exact) mass is 252 g/mol. The van der Waals surface area contributed by atoms with E-state index >= 15 is 0 Å². The summed E-state index contributed by atoms with van der Waals surface area (Å²) in [5.74, 6) is 0.866. The highest BCUT2D eigenvalue weighted by Gasteiger charge is 2.29. The van der Waals surface area contributed by atoms with E-state index in [1.165, 1.54) is 44.9 Å². The molecule has 0 fully saturated rings. The zero-order valence-corrected chi connectivity index (χ0v) is 13.8. The maximum atomic E-state index is 3.95. The molecule has 0 aromatic rings. The summed E-state index contributed by atoms with van der Waals surface area (Å²) in [7, 11) is 0. The van der Waals surface area contributed by atoms with Gasteiger partial charge in [0.1, 0.15) is 0 Å². The lowest BCUT2D eigenvalue weighted by Gasteiger charge is -2.36. The number of allylic oxidation sites excluding steroid dienone is 1. The van der Waals surface area contributed by atoms with Crippen molar-refractivity contribution in [3.8, 4) is 0 Å². The first-order valence-corrected chi connectivity index (χ1v) is 7.96. The van der Waals surface area contributed by atoms with Crippen LogP contribution in [0.4, 0.5) is 0 Å². The lowest BCUT2D eigenvalue weighted by Crippen LogP contribution is -2.25. The minimum absolute atomic E-state index is 0.456. The van der Waals surface area contributed by atoms with Crippen molar-refractivity contribution >= 4 is 0 Å². The lowest BCUT2D eigenvalue weighted by molar-refractivity contribution is 0.155. The average molecular weight is 252 g/mol. The molecule has 0 amide bonds. The molecule has 0 saturated heterocycles. The van der Waals surface area contributed by atoms with Gasteiger partial charge in [-0.2, -0.15) is 0 Å². The smallest absolute Gasteiger partial charge is 0.0268 e. The molecule has 0 N–H and O–H groups in total. The first-order chi connectivity index (χ1) is 8.35. The SMILES string of the molecule is C=CCC(CC)(CC)CCC(CCC)C(C)(C)C. The zero-order chi connectivity index (χ0) is 14.2. The third-order valence-corrected chi connectivity index (χ3v) is 4.96. The van der Waals surface area contributed by atoms with Gasteiger partial charge < -0.3 is 0 Å². The number of hydrogen-bond acceptors (Lipinski definition) is 0. The van der Waals surface area contributed by atoms with Crippen molar-refractivity contribution in [1.29, 1.82) is 0 Å². The van der Waals surface area contributed by atoms with Crippen molar-refractivity contribution in [3.63, 3.8) is 0 Å². The van der Waals surface area contributed by atoms with Crippen LogP contribution in [0.5, 0.6) is 0 Å². The molecule has 0 aliphatic carbocycles. The van der Waals surface area contributed by atoms with Gasteiger partial charge in [-0.05, 0) is 36.0 Å². The van der Waals surface area contributed by atoms with Crippen molar-refractivity contribution < 1.29 is 0 Å². The maximum Gasteiger partial charge on any atom is -0.0268 e. The number of rotatable bonds is 9. The van der Waals surface area contributed by atoms with Gasteiger partial charge in [-0.3, -0.25) is 0 Å². The van der Waals surface area contributed by atoms with Crippen LogP contribution in [0.25, 0.3) is 0 Å². The third-order valence-electron chi connectivity index (χ3n) is 4.96. The Kier molecular flexibility index (Phi) is 7.90. The number of hydrogen-bond donors (Lipinski definition) is 0. The van der Waals surface area contributed by atoms with Crippen LogP contribution in [-0.4, -0.2) is 0 Å². The summed E-state index contributed by atoms with van der Waals surface area (Å²) in [5.41, 5.74) is 0.969. The fourth-order valence-corrected chi connectivity index (χ4v) is 3.14. The highest BCUT2D eigenvalue weighted by Crippen LogP contribution is 2.41. The van der Waals surface area contributed by atoms with Gasteiger partial charge in [0, 0.05) is 0 Å². The van der Waals surface area contributed by atoms with Gasteiger partial charge in [-0.1, -0.05) is 73.3 Å². The first-order valence-electron chi connectivity index (χ1n) is 7.96. The molecule has 18 heavy (non-hydrogen) atoms. The molecule has 0 rings (SSSR count). The van der Waals surface area contributed by atoms with E-state index in [0.717, 1.165) is 5.92 Å². The highest BCUT2D eigenvalue weighted by atomic mass is 14.3. The Morgan fingerprint density at radius 2 is 1.56 bits per heavy atom. The Morgan fingerprint density at radius 3 is 1.89 bits per heavy atom. The normalized spacial score (nSPS) is 14.6. The van der Waals surface area contributed by atoms with Gasteiger partial charge in [-0.25, -0.2) is 0 Å². The second-order valence-corrected chi connectivity index (χ2v) is 7.09. The summed E-state index contributed by atoms with van der Waals surface area (Å²) in [6.45, 7) is 18.2. The van der Waals surface area contributed by atoms with E-state index in [1.807, 2.05) is 0 Å². The second kappa shape index (κ2) is 8.02. The van der Waals surface area contributed by atoms with E-state index in [9.17, 15) is 0 Å². The fraction of sp³-hybridized carbons (Fsp3) is 0.889. The van der Waals surface area contributed by atoms with E-state index in [4.69, 9.17) is 0 Å². The molecule has 0 aromatic carbocycles. The molecule has 0 aliphatic rings. The molecular formula is C18H36. The van der Waals surface area contributed by atoms with Crippen LogP contribution in [0.15, 0.2) is 12.7 Å². The Balaban J connectivity index is 4.60. The molecule has 0 aliphatic heterocycles. The summed E-state index contributed by atoms with van der Waals surface area (Å²) in [4.78, 5) is 0. The van der Waals surface area contributed by atoms with E-state index in [-0.39, 0.29) is 0 Å². The molecule has 0 heterocycles. The van der Waals surface area contributed by atoms with Crippen molar-refractivity contribution in [2.24, 2.45) is 16.7 Å². The maximum absolute atomic E-state index is 3.95. The Hall–Kier alpha value is -0.260. The van der Waals surface area contributed by atoms with Gasteiger partial charge in [0.25, 0.3) is 0 Å². The summed E-state index contributed by atoms with van der Waals surface area (Å²) >= 11 is 0. The van der Waals surface area contributed by atoms with Crippen molar-refractivity contribution in [2.45, 2.75) is 86.5 Å². The van der Waals surface area contributed by atoms with Gasteiger partial charge >= 0.3 is 0 Å². The topological polar surface area (TPSA) is 0 Å². The molecule has 0 aromatic heterocycles. The largest absolute Gasteiger partial charge is 0.103 e. The predicted molar refractivity (Wildman–Crippen MR) is 84.9 cm³/mol. The molecule has 0 spiro atoms. The van der Waals surface area contributed by atoms with Crippen LogP contribution in [0.1, 0.15) is 86.5 Å². The fourth-order valence-electron chi connectivity index (χ4n) is 3.14. The molecule has 1 unspecified atom stereocenters. The van der Waals surface area contributed by atoms with Gasteiger partial charge in [0.05, 0.1) is 0 Å². The van der Waals surface area contributed by atoms with Crippen LogP contribution >= 0.6 is 0 Å². The van der Waals surface area contributed by atoms with Gasteiger partial charge in [0.2, 0.25) is 0 Å². The molecule has 108 valence electrons. The quantitative estimate of drug-likeness (QED) is 0.405. The molecule has 0 saturated carbocycles. The molecule has 0 nitrogen and oxygen atoms in total. The average Bonchev–Trinajstić information content (AvgIpc) is 2.31. The Labute approximate surface area is 116 Å². The second-order valence-electron chi connectivity index (χ2n) is 7.09. The van der Waals surface area contributed by atoms with Crippen molar-refractivity contribution in [2.75, 3.05) is 0 Å². The highest BCUT2D eigenvalue weighted by molar-refractivity contribution is 4.86. The van der Waals surface area contributed by atoms with Crippen LogP contribution in [0.3, 0.4) is 0 Å². The van der Waals surface area contributed by atoms with E-state index in [2.05, 4.69) is 54.2 Å². The Bertz CT molecular complexity index is 215. The minimum atomic E-state index is 0.456. The summed E-state index contributed by atoms with van der Waals surface area (Å²) in [6.07, 6.45) is 11.3. The molecule has 0 radical (unpaired) electrons. The summed E-state index contributed by atoms with van der Waals surface area (Å²) < 4.78 is 0. The molecular weight excluding hydrogens is 216 g/mol. The van der Waals surface area contributed by atoms with Crippen LogP contribution in [0, 0.1) is 16.7 Å². The van der Waals surface area contributed by atoms with Crippen molar-refractivity contribution in [3.05, 3.63) is 12.7 Å². The van der Waals surface area contributed by atoms with Crippen LogP contribution in [-0.2, 0) is 0 Å². The minimum Gasteiger partial charge on any atom is -0.103 e. The van der Waals surface area contributed by atoms with E-state index in [1.54, 1.807) is 0 Å². The molecule has 0 heteroatoms. The zero-order valence-electron chi connectivity index (χ0n) is 13.8. The van der Waals surface area contributed by atoms with Gasteiger partial charge in [0.15, 0.2) is 0 Å². The third kappa shape index (κ3) is 5.59. The summed E-state index contributed by atoms with van der Waals surface area (Å²) in [5, 5.41) is 0. The summed E-state index contributed by atoms with van der Waals surface area (Å²) in [6, 6.07) is 0. The van der Waals surface area contributed by atoms with Crippen LogP contribution < -0.4 is 0 Å². The van der Waals surface area contributed by atoms with E-state index in [0.29, 0.717) is 10.8 Å². The molecule has 1 atom stereocenters. The lowest BCUT2D eigenvalue weighted by atomic mass is 9.69.